The molecule has 25 heavy (non-hydrogen) atoms. The van der Waals surface area contributed by atoms with E-state index in [-0.39, 0.29) is 16.5 Å². The molecule has 0 unspecified atom stereocenters. The molecule has 2 aromatic rings. The van der Waals surface area contributed by atoms with E-state index in [9.17, 15) is 9.59 Å². The number of anilines is 2. The lowest BCUT2D eigenvalue weighted by Crippen LogP contribution is -2.49. The topological polar surface area (TPSA) is 57.6 Å². The summed E-state index contributed by atoms with van der Waals surface area (Å²) in [6.45, 7) is 8.80. The molecule has 0 aromatic heterocycles. The van der Waals surface area contributed by atoms with E-state index in [4.69, 9.17) is 5.11 Å². The van der Waals surface area contributed by atoms with Crippen LogP contribution in [-0.2, 0) is 5.41 Å². The summed E-state index contributed by atoms with van der Waals surface area (Å²) in [4.78, 5) is 24.6. The number of hydrogen-bond donors (Lipinski definition) is 1. The average Bonchev–Trinajstić information content (AvgIpc) is 2.53. The molecule has 0 amide bonds. The molecule has 0 spiro atoms. The first-order valence-corrected chi connectivity index (χ1v) is 8.39. The molecular formula is C21H23NO3. The lowest BCUT2D eigenvalue weighted by Gasteiger charge is -2.51. The standard InChI is InChI=1S/C21H23NO3/c1-20(2)13-21(3,4)22(16-8-6-15(7-9-16)19(24)25)18-11-14(12-23)5-10-17(18)20/h5-12H,13H2,1-4H3,(H,24,25). The second-order valence-electron chi connectivity index (χ2n) is 7.95. The molecule has 0 atom stereocenters. The number of carboxylic acids is 1. The Hall–Kier alpha value is -2.62. The minimum Gasteiger partial charge on any atom is -0.478 e. The van der Waals surface area contributed by atoms with Gasteiger partial charge in [0.05, 0.1) is 5.56 Å². The van der Waals surface area contributed by atoms with Crippen LogP contribution in [0.5, 0.6) is 0 Å². The summed E-state index contributed by atoms with van der Waals surface area (Å²) in [5.41, 5.74) is 3.84. The van der Waals surface area contributed by atoms with Crippen molar-refractivity contribution < 1.29 is 14.7 Å². The van der Waals surface area contributed by atoms with Crippen LogP contribution in [0.3, 0.4) is 0 Å². The van der Waals surface area contributed by atoms with E-state index in [2.05, 4.69) is 32.6 Å². The maximum Gasteiger partial charge on any atom is 0.335 e. The van der Waals surface area contributed by atoms with Gasteiger partial charge in [0.1, 0.15) is 6.29 Å². The van der Waals surface area contributed by atoms with Crippen molar-refractivity contribution in [3.8, 4) is 0 Å². The second kappa shape index (κ2) is 5.73. The first kappa shape index (κ1) is 17.2. The Morgan fingerprint density at radius 1 is 1.08 bits per heavy atom. The SMILES string of the molecule is CC1(C)CC(C)(C)N(c2ccc(C(=O)O)cc2)c2cc(C=O)ccc21. The van der Waals surface area contributed by atoms with Gasteiger partial charge in [-0.25, -0.2) is 4.79 Å². The van der Waals surface area contributed by atoms with Crippen LogP contribution in [-0.4, -0.2) is 22.9 Å². The predicted octanol–water partition coefficient (Wildman–Crippen LogP) is 4.80. The van der Waals surface area contributed by atoms with Crippen LogP contribution in [0.2, 0.25) is 0 Å². The largest absolute Gasteiger partial charge is 0.478 e. The van der Waals surface area contributed by atoms with Gasteiger partial charge < -0.3 is 10.0 Å². The van der Waals surface area contributed by atoms with E-state index < -0.39 is 5.97 Å². The number of aldehydes is 1. The number of aromatic carboxylic acids is 1. The Morgan fingerprint density at radius 2 is 1.72 bits per heavy atom. The van der Waals surface area contributed by atoms with Gasteiger partial charge in [-0.2, -0.15) is 0 Å². The van der Waals surface area contributed by atoms with Gasteiger partial charge in [-0.3, -0.25) is 4.79 Å². The van der Waals surface area contributed by atoms with Crippen LogP contribution in [0.1, 0.15) is 60.4 Å². The number of rotatable bonds is 3. The number of hydrogen-bond acceptors (Lipinski definition) is 3. The van der Waals surface area contributed by atoms with Crippen LogP contribution < -0.4 is 4.90 Å². The van der Waals surface area contributed by atoms with Crippen molar-refractivity contribution in [1.29, 1.82) is 0 Å². The number of fused-ring (bicyclic) bond motifs is 1. The van der Waals surface area contributed by atoms with Crippen LogP contribution >= 0.6 is 0 Å². The van der Waals surface area contributed by atoms with Gasteiger partial charge in [0.2, 0.25) is 0 Å². The van der Waals surface area contributed by atoms with Crippen LogP contribution in [0.15, 0.2) is 42.5 Å². The summed E-state index contributed by atoms with van der Waals surface area (Å²) < 4.78 is 0. The quantitative estimate of drug-likeness (QED) is 0.818. The third kappa shape index (κ3) is 2.93. The highest BCUT2D eigenvalue weighted by Crippen LogP contribution is 2.50. The normalized spacial score (nSPS) is 17.7. The fourth-order valence-corrected chi connectivity index (χ4v) is 4.20. The zero-order valence-corrected chi connectivity index (χ0v) is 15.0. The summed E-state index contributed by atoms with van der Waals surface area (Å²) >= 11 is 0. The van der Waals surface area contributed by atoms with E-state index in [0.717, 1.165) is 24.1 Å². The van der Waals surface area contributed by atoms with Crippen molar-refractivity contribution in [3.05, 3.63) is 59.2 Å². The van der Waals surface area contributed by atoms with E-state index >= 15 is 0 Å². The Balaban J connectivity index is 2.20. The molecule has 1 N–H and O–H groups in total. The predicted molar refractivity (Wildman–Crippen MR) is 99.1 cm³/mol. The lowest BCUT2D eigenvalue weighted by molar-refractivity contribution is 0.0696. The summed E-state index contributed by atoms with van der Waals surface area (Å²) in [5, 5.41) is 9.13. The van der Waals surface area contributed by atoms with Gasteiger partial charge in [0.15, 0.2) is 0 Å². The van der Waals surface area contributed by atoms with Gasteiger partial charge in [-0.05, 0) is 61.6 Å². The minimum absolute atomic E-state index is 0.0161. The maximum absolute atomic E-state index is 11.3. The van der Waals surface area contributed by atoms with E-state index in [1.165, 1.54) is 5.56 Å². The van der Waals surface area contributed by atoms with Crippen molar-refractivity contribution in [2.45, 2.75) is 45.1 Å². The molecule has 0 bridgehead atoms. The number of carboxylic acid groups (broad SMARTS) is 1. The number of carbonyl (C=O) groups is 2. The number of nitrogens with zero attached hydrogens (tertiary/aromatic N) is 1. The molecule has 1 heterocycles. The molecule has 0 fully saturated rings. The Morgan fingerprint density at radius 3 is 2.28 bits per heavy atom. The average molecular weight is 337 g/mol. The molecule has 0 saturated carbocycles. The second-order valence-corrected chi connectivity index (χ2v) is 7.95. The molecular weight excluding hydrogens is 314 g/mol. The third-order valence-corrected chi connectivity index (χ3v) is 4.98. The minimum atomic E-state index is -0.936. The highest BCUT2D eigenvalue weighted by molar-refractivity contribution is 5.88. The third-order valence-electron chi connectivity index (χ3n) is 4.98. The molecule has 4 heteroatoms. The lowest BCUT2D eigenvalue weighted by atomic mass is 9.69. The Kier molecular flexibility index (Phi) is 3.94. The van der Waals surface area contributed by atoms with Crippen molar-refractivity contribution in [3.63, 3.8) is 0 Å². The van der Waals surface area contributed by atoms with Crippen LogP contribution in [0, 0.1) is 0 Å². The first-order valence-electron chi connectivity index (χ1n) is 8.39. The highest BCUT2D eigenvalue weighted by Gasteiger charge is 2.42. The smallest absolute Gasteiger partial charge is 0.335 e. The molecule has 130 valence electrons. The maximum atomic E-state index is 11.3. The molecule has 0 saturated heterocycles. The Labute approximate surface area is 148 Å². The van der Waals surface area contributed by atoms with Gasteiger partial charge in [-0.15, -0.1) is 0 Å². The van der Waals surface area contributed by atoms with Crippen molar-refractivity contribution >= 4 is 23.6 Å². The number of benzene rings is 2. The van der Waals surface area contributed by atoms with Crippen molar-refractivity contribution in [2.75, 3.05) is 4.90 Å². The number of carbonyl (C=O) groups excluding carboxylic acids is 1. The molecule has 0 radical (unpaired) electrons. The van der Waals surface area contributed by atoms with E-state index in [1.54, 1.807) is 12.1 Å². The van der Waals surface area contributed by atoms with E-state index in [0.29, 0.717) is 5.56 Å². The molecule has 0 aliphatic carbocycles. The van der Waals surface area contributed by atoms with Gasteiger partial charge in [0.25, 0.3) is 0 Å². The zero-order valence-electron chi connectivity index (χ0n) is 15.0. The highest BCUT2D eigenvalue weighted by atomic mass is 16.4. The fraction of sp³-hybridized carbons (Fsp3) is 0.333. The fourth-order valence-electron chi connectivity index (χ4n) is 4.20. The zero-order chi connectivity index (χ0) is 18.4. The van der Waals surface area contributed by atoms with Crippen LogP contribution in [0.4, 0.5) is 11.4 Å². The van der Waals surface area contributed by atoms with Gasteiger partial charge >= 0.3 is 5.97 Å². The summed E-state index contributed by atoms with van der Waals surface area (Å²) in [6, 6.07) is 12.7. The Bertz CT molecular complexity index is 835. The monoisotopic (exact) mass is 337 g/mol. The van der Waals surface area contributed by atoms with Crippen molar-refractivity contribution in [1.82, 2.24) is 0 Å². The summed E-state index contributed by atoms with van der Waals surface area (Å²) in [7, 11) is 0. The summed E-state index contributed by atoms with van der Waals surface area (Å²) in [5.74, 6) is -0.936. The van der Waals surface area contributed by atoms with Crippen LogP contribution in [0.25, 0.3) is 0 Å². The summed E-state index contributed by atoms with van der Waals surface area (Å²) in [6.07, 6.45) is 1.80. The first-order chi connectivity index (χ1) is 11.7. The molecule has 1 aliphatic heterocycles. The van der Waals surface area contributed by atoms with E-state index in [1.807, 2.05) is 30.3 Å². The molecule has 3 rings (SSSR count). The van der Waals surface area contributed by atoms with Gasteiger partial charge in [-0.1, -0.05) is 26.0 Å². The van der Waals surface area contributed by atoms with Gasteiger partial charge in [0, 0.05) is 22.5 Å². The van der Waals surface area contributed by atoms with Crippen molar-refractivity contribution in [2.24, 2.45) is 0 Å². The molecule has 1 aliphatic rings. The molecule has 4 nitrogen and oxygen atoms in total. The molecule has 2 aromatic carbocycles.